The van der Waals surface area contributed by atoms with Crippen LogP contribution in [0.5, 0.6) is 0 Å². The van der Waals surface area contributed by atoms with E-state index in [0.717, 1.165) is 34.9 Å². The number of hydrogen-bond donors (Lipinski definition) is 2. The number of amides is 1. The van der Waals surface area contributed by atoms with Crippen LogP contribution in [0.2, 0.25) is 0 Å². The largest absolute Gasteiger partial charge is 0.383 e. The quantitative estimate of drug-likeness (QED) is 0.616. The summed E-state index contributed by atoms with van der Waals surface area (Å²) in [5, 5.41) is 0. The number of carbonyl (C=O) groups is 1. The number of nitrogen functional groups attached to an aromatic ring is 1. The molecule has 0 radical (unpaired) electrons. The maximum atomic E-state index is 13.2. The first-order valence-corrected chi connectivity index (χ1v) is 11.3. The monoisotopic (exact) mass is 451 g/mol. The van der Waals surface area contributed by atoms with Gasteiger partial charge in [-0.1, -0.05) is 42.5 Å². The number of hydrogen-bond acceptors (Lipinski definition) is 6. The molecule has 0 fully saturated rings. The summed E-state index contributed by atoms with van der Waals surface area (Å²) < 4.78 is 1.27. The molecule has 2 heterocycles. The molecule has 0 aliphatic carbocycles. The molecule has 0 bridgehead atoms. The molecule has 0 saturated heterocycles. The highest BCUT2D eigenvalue weighted by Gasteiger charge is 2.24. The van der Waals surface area contributed by atoms with E-state index >= 15 is 0 Å². The molecule has 0 spiro atoms. The molecule has 8 nitrogen and oxygen atoms in total. The van der Waals surface area contributed by atoms with E-state index in [2.05, 4.69) is 11.1 Å². The number of likely N-dealkylation sites (N-methyl/N-ethyl adjacent to an activating group) is 1. The van der Waals surface area contributed by atoms with Crippen LogP contribution in [0.4, 0.5) is 17.2 Å². The Kier molecular flexibility index (Phi) is 6.36. The standard InChI is InChI=1S/C23H25N5O3S/c1-26(19(29)15-27-12-7-13-32-18-11-6-5-10-17(18)27)20-21(24)28(23(31)25-22(20)30)14-16-8-3-2-4-9-16/h2-6,8-11H,7,12-15,24H2,1H3,(H,25,30,31). The Bertz CT molecular complexity index is 1240. The molecule has 1 aliphatic heterocycles. The molecule has 32 heavy (non-hydrogen) atoms. The van der Waals surface area contributed by atoms with Crippen molar-refractivity contribution in [3.05, 3.63) is 81.0 Å². The first kappa shape index (κ1) is 21.8. The zero-order chi connectivity index (χ0) is 22.7. The smallest absolute Gasteiger partial charge is 0.330 e. The Balaban J connectivity index is 1.62. The van der Waals surface area contributed by atoms with Crippen LogP contribution in [-0.4, -0.2) is 41.3 Å². The molecule has 3 aromatic rings. The number of nitrogens with two attached hydrogens (primary N) is 1. The van der Waals surface area contributed by atoms with Crippen LogP contribution in [0, 0.1) is 0 Å². The summed E-state index contributed by atoms with van der Waals surface area (Å²) >= 11 is 1.77. The van der Waals surface area contributed by atoms with Gasteiger partial charge in [0.05, 0.1) is 18.8 Å². The average Bonchev–Trinajstić information content (AvgIpc) is 2.99. The Labute approximate surface area is 189 Å². The summed E-state index contributed by atoms with van der Waals surface area (Å²) in [7, 11) is 1.51. The highest BCUT2D eigenvalue weighted by molar-refractivity contribution is 7.99. The van der Waals surface area contributed by atoms with Gasteiger partial charge in [-0.25, -0.2) is 4.79 Å². The molecule has 0 atom stereocenters. The molecule has 1 amide bonds. The third kappa shape index (κ3) is 4.43. The number of para-hydroxylation sites is 1. The van der Waals surface area contributed by atoms with Crippen molar-refractivity contribution in [2.24, 2.45) is 0 Å². The van der Waals surface area contributed by atoms with Crippen LogP contribution in [-0.2, 0) is 11.3 Å². The van der Waals surface area contributed by atoms with Crippen molar-refractivity contribution >= 4 is 34.9 Å². The summed E-state index contributed by atoms with van der Waals surface area (Å²) in [4.78, 5) is 44.9. The Hall–Kier alpha value is -3.46. The third-order valence-electron chi connectivity index (χ3n) is 5.47. The minimum absolute atomic E-state index is 0.0250. The summed E-state index contributed by atoms with van der Waals surface area (Å²) in [6.07, 6.45) is 0.945. The number of benzene rings is 2. The van der Waals surface area contributed by atoms with Crippen molar-refractivity contribution in [3.63, 3.8) is 0 Å². The molecule has 0 unspecified atom stereocenters. The summed E-state index contributed by atoms with van der Waals surface area (Å²) in [5.74, 6) is 0.660. The Morgan fingerprint density at radius 1 is 1.12 bits per heavy atom. The van der Waals surface area contributed by atoms with Crippen molar-refractivity contribution in [2.75, 3.05) is 41.4 Å². The molecule has 1 aliphatic rings. The number of rotatable bonds is 5. The number of aromatic amines is 1. The van der Waals surface area contributed by atoms with Gasteiger partial charge in [0, 0.05) is 18.5 Å². The summed E-state index contributed by atoms with van der Waals surface area (Å²) in [6, 6.07) is 17.3. The van der Waals surface area contributed by atoms with Gasteiger partial charge in [-0.2, -0.15) is 0 Å². The number of anilines is 3. The van der Waals surface area contributed by atoms with Gasteiger partial charge in [-0.15, -0.1) is 11.8 Å². The Morgan fingerprint density at radius 2 is 1.84 bits per heavy atom. The van der Waals surface area contributed by atoms with Crippen molar-refractivity contribution in [1.29, 1.82) is 0 Å². The van der Waals surface area contributed by atoms with Crippen LogP contribution in [0.3, 0.4) is 0 Å². The van der Waals surface area contributed by atoms with Crippen LogP contribution in [0.25, 0.3) is 0 Å². The van der Waals surface area contributed by atoms with Gasteiger partial charge in [-0.05, 0) is 29.9 Å². The molecule has 0 saturated carbocycles. The van der Waals surface area contributed by atoms with Gasteiger partial charge in [0.1, 0.15) is 5.82 Å². The van der Waals surface area contributed by atoms with Crippen molar-refractivity contribution < 1.29 is 4.79 Å². The number of nitrogens with zero attached hydrogens (tertiary/aromatic N) is 3. The van der Waals surface area contributed by atoms with E-state index in [1.54, 1.807) is 11.8 Å². The van der Waals surface area contributed by atoms with E-state index in [-0.39, 0.29) is 30.5 Å². The zero-order valence-electron chi connectivity index (χ0n) is 17.8. The fourth-order valence-electron chi connectivity index (χ4n) is 3.78. The van der Waals surface area contributed by atoms with Gasteiger partial charge in [0.2, 0.25) is 5.91 Å². The van der Waals surface area contributed by atoms with E-state index in [0.29, 0.717) is 0 Å². The number of thioether (sulfide) groups is 1. The highest BCUT2D eigenvalue weighted by atomic mass is 32.2. The van der Waals surface area contributed by atoms with E-state index in [9.17, 15) is 14.4 Å². The predicted octanol–water partition coefficient (Wildman–Crippen LogP) is 2.13. The zero-order valence-corrected chi connectivity index (χ0v) is 18.6. The maximum absolute atomic E-state index is 13.2. The molecule has 3 N–H and O–H groups in total. The molecule has 2 aromatic carbocycles. The number of H-pyrrole nitrogens is 1. The molecule has 166 valence electrons. The van der Waals surface area contributed by atoms with Crippen molar-refractivity contribution in [2.45, 2.75) is 17.9 Å². The lowest BCUT2D eigenvalue weighted by Gasteiger charge is -2.27. The third-order valence-corrected chi connectivity index (χ3v) is 6.62. The van der Waals surface area contributed by atoms with Crippen molar-refractivity contribution in [1.82, 2.24) is 9.55 Å². The number of aromatic nitrogens is 2. The first-order valence-electron chi connectivity index (χ1n) is 10.4. The second kappa shape index (κ2) is 9.35. The minimum Gasteiger partial charge on any atom is -0.383 e. The molecular formula is C23H25N5O3S. The van der Waals surface area contributed by atoms with Gasteiger partial charge < -0.3 is 15.5 Å². The van der Waals surface area contributed by atoms with Gasteiger partial charge in [-0.3, -0.25) is 19.1 Å². The van der Waals surface area contributed by atoms with Crippen molar-refractivity contribution in [3.8, 4) is 0 Å². The molecular weight excluding hydrogens is 426 g/mol. The predicted molar refractivity (Wildman–Crippen MR) is 129 cm³/mol. The van der Waals surface area contributed by atoms with Crippen LogP contribution in [0.15, 0.2) is 69.1 Å². The van der Waals surface area contributed by atoms with Crippen LogP contribution >= 0.6 is 11.8 Å². The number of fused-ring (bicyclic) bond motifs is 1. The average molecular weight is 452 g/mol. The summed E-state index contributed by atoms with van der Waals surface area (Å²) in [5.41, 5.74) is 6.78. The van der Waals surface area contributed by atoms with E-state index in [1.807, 2.05) is 53.4 Å². The van der Waals surface area contributed by atoms with Gasteiger partial charge in [0.15, 0.2) is 5.69 Å². The Morgan fingerprint density at radius 3 is 2.62 bits per heavy atom. The van der Waals surface area contributed by atoms with Crippen LogP contribution in [0.1, 0.15) is 12.0 Å². The van der Waals surface area contributed by atoms with Gasteiger partial charge in [0.25, 0.3) is 5.56 Å². The lowest BCUT2D eigenvalue weighted by Crippen LogP contribution is -2.43. The molecule has 4 rings (SSSR count). The topological polar surface area (TPSA) is 104 Å². The van der Waals surface area contributed by atoms with E-state index < -0.39 is 11.2 Å². The number of nitrogens with one attached hydrogen (secondary N) is 1. The highest BCUT2D eigenvalue weighted by Crippen LogP contribution is 2.33. The lowest BCUT2D eigenvalue weighted by atomic mass is 10.2. The SMILES string of the molecule is CN(C(=O)CN1CCCSc2ccccc21)c1c(N)n(Cc2ccccc2)c(=O)[nH]c1=O. The van der Waals surface area contributed by atoms with Crippen LogP contribution < -0.4 is 26.8 Å². The fraction of sp³-hybridized carbons (Fsp3) is 0.261. The van der Waals surface area contributed by atoms with Gasteiger partial charge >= 0.3 is 5.69 Å². The van der Waals surface area contributed by atoms with E-state index in [1.165, 1.54) is 16.5 Å². The fourth-order valence-corrected chi connectivity index (χ4v) is 4.79. The summed E-state index contributed by atoms with van der Waals surface area (Å²) in [6.45, 7) is 1.03. The number of carbonyl (C=O) groups excluding carboxylic acids is 1. The lowest BCUT2D eigenvalue weighted by molar-refractivity contribution is -0.117. The van der Waals surface area contributed by atoms with E-state index in [4.69, 9.17) is 5.73 Å². The first-order chi connectivity index (χ1) is 15.5. The second-order valence-electron chi connectivity index (χ2n) is 7.61. The molecule has 1 aromatic heterocycles. The minimum atomic E-state index is -0.681. The molecule has 9 heteroatoms. The maximum Gasteiger partial charge on any atom is 0.330 e. The normalized spacial score (nSPS) is 13.3. The second-order valence-corrected chi connectivity index (χ2v) is 8.75.